The summed E-state index contributed by atoms with van der Waals surface area (Å²) in [5.74, 6) is 0. The lowest BCUT2D eigenvalue weighted by molar-refractivity contribution is 0.344. The Morgan fingerprint density at radius 3 is 2.21 bits per heavy atom. The molecule has 1 atom stereocenters. The maximum Gasteiger partial charge on any atom is 0.243 e. The van der Waals surface area contributed by atoms with Gasteiger partial charge < -0.3 is 0 Å². The van der Waals surface area contributed by atoms with Crippen molar-refractivity contribution in [3.05, 3.63) is 100 Å². The van der Waals surface area contributed by atoms with Crippen LogP contribution in [0, 0.1) is 20.8 Å². The zero-order valence-corrected chi connectivity index (χ0v) is 17.3. The minimum atomic E-state index is -3.61. The molecule has 3 aromatic carbocycles. The highest BCUT2D eigenvalue weighted by Gasteiger charge is 2.37. The highest BCUT2D eigenvalue weighted by atomic mass is 32.2. The Hall–Kier alpha value is -2.43. The lowest BCUT2D eigenvalue weighted by Crippen LogP contribution is -2.40. The van der Waals surface area contributed by atoms with Gasteiger partial charge in [0.15, 0.2) is 0 Å². The van der Waals surface area contributed by atoms with Crippen molar-refractivity contribution in [2.45, 2.75) is 38.1 Å². The smallest absolute Gasteiger partial charge is 0.207 e. The first kappa shape index (κ1) is 18.9. The van der Waals surface area contributed by atoms with Gasteiger partial charge in [-0.05, 0) is 56.0 Å². The molecule has 3 nitrogen and oxygen atoms in total. The second-order valence-corrected chi connectivity index (χ2v) is 9.59. The summed E-state index contributed by atoms with van der Waals surface area (Å²) in [5.41, 5.74) is 6.72. The molecule has 0 spiro atoms. The van der Waals surface area contributed by atoms with Crippen LogP contribution in [0.2, 0.25) is 0 Å². The number of hydrogen-bond acceptors (Lipinski definition) is 2. The lowest BCUT2D eigenvalue weighted by Gasteiger charge is -2.37. The molecule has 1 aliphatic rings. The topological polar surface area (TPSA) is 37.4 Å². The van der Waals surface area contributed by atoms with Crippen molar-refractivity contribution in [1.82, 2.24) is 4.31 Å². The van der Waals surface area contributed by atoms with E-state index in [1.807, 2.05) is 44.2 Å². The van der Waals surface area contributed by atoms with Gasteiger partial charge in [0, 0.05) is 6.54 Å². The molecule has 0 aliphatic carbocycles. The summed E-state index contributed by atoms with van der Waals surface area (Å²) >= 11 is 0. The maximum atomic E-state index is 13.6. The van der Waals surface area contributed by atoms with Crippen molar-refractivity contribution < 1.29 is 8.42 Å². The quantitative estimate of drug-likeness (QED) is 0.634. The molecule has 0 aromatic heterocycles. The van der Waals surface area contributed by atoms with Gasteiger partial charge in [0.1, 0.15) is 0 Å². The van der Waals surface area contributed by atoms with E-state index in [1.165, 1.54) is 11.1 Å². The fourth-order valence-electron chi connectivity index (χ4n) is 4.02. The number of nitrogens with zero attached hydrogens (tertiary/aromatic N) is 1. The molecular weight excluding hydrogens is 366 g/mol. The van der Waals surface area contributed by atoms with Crippen LogP contribution in [0.1, 0.15) is 39.4 Å². The monoisotopic (exact) mass is 391 g/mol. The largest absolute Gasteiger partial charge is 0.243 e. The van der Waals surface area contributed by atoms with Crippen LogP contribution in [-0.2, 0) is 16.4 Å². The average Bonchev–Trinajstić information content (AvgIpc) is 2.67. The summed E-state index contributed by atoms with van der Waals surface area (Å²) in [6.07, 6.45) is 0.727. The van der Waals surface area contributed by atoms with Gasteiger partial charge in [-0.3, -0.25) is 0 Å². The van der Waals surface area contributed by atoms with E-state index in [-0.39, 0.29) is 6.04 Å². The molecule has 0 N–H and O–H groups in total. The molecule has 0 amide bonds. The van der Waals surface area contributed by atoms with E-state index in [0.29, 0.717) is 11.4 Å². The molecule has 1 aliphatic heterocycles. The Kier molecular flexibility index (Phi) is 4.86. The SMILES string of the molecule is Cc1ccc(S(=O)(=O)N2CCc3cc(C)ccc3C2c2cccc(C)c2)cc1. The minimum absolute atomic E-state index is 0.310. The van der Waals surface area contributed by atoms with Gasteiger partial charge in [-0.25, -0.2) is 8.42 Å². The van der Waals surface area contributed by atoms with E-state index in [2.05, 4.69) is 31.2 Å². The van der Waals surface area contributed by atoms with E-state index in [9.17, 15) is 8.42 Å². The highest BCUT2D eigenvalue weighted by molar-refractivity contribution is 7.89. The molecule has 4 rings (SSSR count). The second-order valence-electron chi connectivity index (χ2n) is 7.70. The Morgan fingerprint density at radius 1 is 0.821 bits per heavy atom. The molecule has 28 heavy (non-hydrogen) atoms. The summed E-state index contributed by atoms with van der Waals surface area (Å²) in [4.78, 5) is 0.353. The highest BCUT2D eigenvalue weighted by Crippen LogP contribution is 2.39. The van der Waals surface area contributed by atoms with Crippen molar-refractivity contribution in [3.63, 3.8) is 0 Å². The lowest BCUT2D eigenvalue weighted by atomic mass is 9.88. The fourth-order valence-corrected chi connectivity index (χ4v) is 5.62. The van der Waals surface area contributed by atoms with Gasteiger partial charge >= 0.3 is 0 Å². The molecule has 0 saturated carbocycles. The van der Waals surface area contributed by atoms with Crippen LogP contribution in [0.5, 0.6) is 0 Å². The molecular formula is C24H25NO2S. The van der Waals surface area contributed by atoms with Gasteiger partial charge in [0.25, 0.3) is 0 Å². The predicted molar refractivity (Wildman–Crippen MR) is 113 cm³/mol. The van der Waals surface area contributed by atoms with E-state index in [0.717, 1.165) is 28.7 Å². The molecule has 144 valence electrons. The summed E-state index contributed by atoms with van der Waals surface area (Å²) in [6, 6.07) is 21.4. The normalized spacial score (nSPS) is 17.3. The number of aryl methyl sites for hydroxylation is 3. The molecule has 3 aromatic rings. The molecule has 1 unspecified atom stereocenters. The van der Waals surface area contributed by atoms with Crippen molar-refractivity contribution >= 4 is 10.0 Å². The number of rotatable bonds is 3. The number of fused-ring (bicyclic) bond motifs is 1. The summed E-state index contributed by atoms with van der Waals surface area (Å²) in [5, 5.41) is 0. The van der Waals surface area contributed by atoms with Crippen molar-refractivity contribution in [1.29, 1.82) is 0 Å². The van der Waals surface area contributed by atoms with E-state index in [4.69, 9.17) is 0 Å². The Balaban J connectivity index is 1.88. The first-order chi connectivity index (χ1) is 13.4. The fraction of sp³-hybridized carbons (Fsp3) is 0.250. The predicted octanol–water partition coefficient (Wildman–Crippen LogP) is 4.95. The zero-order chi connectivity index (χ0) is 19.9. The van der Waals surface area contributed by atoms with Crippen LogP contribution in [-0.4, -0.2) is 19.3 Å². The van der Waals surface area contributed by atoms with E-state index in [1.54, 1.807) is 16.4 Å². The first-order valence-electron chi connectivity index (χ1n) is 9.61. The number of hydrogen-bond donors (Lipinski definition) is 0. The van der Waals surface area contributed by atoms with Crippen LogP contribution < -0.4 is 0 Å². The van der Waals surface area contributed by atoms with Crippen LogP contribution in [0.4, 0.5) is 0 Å². The average molecular weight is 392 g/mol. The van der Waals surface area contributed by atoms with Gasteiger partial charge in [-0.1, -0.05) is 71.3 Å². The molecule has 0 radical (unpaired) electrons. The zero-order valence-electron chi connectivity index (χ0n) is 16.5. The van der Waals surface area contributed by atoms with E-state index < -0.39 is 10.0 Å². The minimum Gasteiger partial charge on any atom is -0.207 e. The molecule has 4 heteroatoms. The number of benzene rings is 3. The van der Waals surface area contributed by atoms with Gasteiger partial charge in [0.2, 0.25) is 10.0 Å². The summed E-state index contributed by atoms with van der Waals surface area (Å²) in [6.45, 7) is 6.56. The van der Waals surface area contributed by atoms with Crippen molar-refractivity contribution in [3.8, 4) is 0 Å². The van der Waals surface area contributed by atoms with Crippen LogP contribution in [0.25, 0.3) is 0 Å². The van der Waals surface area contributed by atoms with Crippen LogP contribution in [0.3, 0.4) is 0 Å². The van der Waals surface area contributed by atoms with E-state index >= 15 is 0 Å². The molecule has 0 saturated heterocycles. The van der Waals surface area contributed by atoms with Crippen molar-refractivity contribution in [2.75, 3.05) is 6.54 Å². The Bertz CT molecular complexity index is 1120. The Labute approximate surface area is 167 Å². The summed E-state index contributed by atoms with van der Waals surface area (Å²) in [7, 11) is -3.61. The third-order valence-corrected chi connectivity index (χ3v) is 7.35. The third-order valence-electron chi connectivity index (χ3n) is 5.47. The van der Waals surface area contributed by atoms with Crippen LogP contribution >= 0.6 is 0 Å². The third kappa shape index (κ3) is 3.38. The molecule has 0 bridgehead atoms. The van der Waals surface area contributed by atoms with Gasteiger partial charge in [-0.2, -0.15) is 4.31 Å². The molecule has 0 fully saturated rings. The van der Waals surface area contributed by atoms with Crippen molar-refractivity contribution in [2.24, 2.45) is 0 Å². The van der Waals surface area contributed by atoms with Gasteiger partial charge in [0.05, 0.1) is 10.9 Å². The number of sulfonamides is 1. The molecule has 1 heterocycles. The Morgan fingerprint density at radius 2 is 1.50 bits per heavy atom. The van der Waals surface area contributed by atoms with Gasteiger partial charge in [-0.15, -0.1) is 0 Å². The maximum absolute atomic E-state index is 13.6. The van der Waals surface area contributed by atoms with Crippen LogP contribution in [0.15, 0.2) is 71.6 Å². The first-order valence-corrected chi connectivity index (χ1v) is 11.0. The standard InChI is InChI=1S/C24H25NO2S/c1-17-7-10-22(11-8-17)28(26,27)25-14-13-20-15-19(3)9-12-23(20)24(25)21-6-4-5-18(2)16-21/h4-12,15-16,24H,13-14H2,1-3H3. The second kappa shape index (κ2) is 7.19. The summed E-state index contributed by atoms with van der Waals surface area (Å²) < 4.78 is 28.8.